The van der Waals surface area contributed by atoms with Crippen LogP contribution in [0.5, 0.6) is 0 Å². The molecule has 1 aromatic carbocycles. The van der Waals surface area contributed by atoms with E-state index in [4.69, 9.17) is 0 Å². The summed E-state index contributed by atoms with van der Waals surface area (Å²) < 4.78 is 29.6. The van der Waals surface area contributed by atoms with Crippen LogP contribution in [0.1, 0.15) is 44.6 Å². The van der Waals surface area contributed by atoms with Crippen molar-refractivity contribution >= 4 is 26.7 Å². The normalized spacial score (nSPS) is 23.1. The van der Waals surface area contributed by atoms with Crippen LogP contribution >= 0.6 is 0 Å². The van der Waals surface area contributed by atoms with Gasteiger partial charge in [-0.1, -0.05) is 43.2 Å². The highest BCUT2D eigenvalue weighted by molar-refractivity contribution is 8.00. The van der Waals surface area contributed by atoms with Crippen LogP contribution < -0.4 is 0 Å². The van der Waals surface area contributed by atoms with Gasteiger partial charge in [0.05, 0.1) is 0 Å². The summed E-state index contributed by atoms with van der Waals surface area (Å²) in [6.07, 6.45) is 5.14. The zero-order chi connectivity index (χ0) is 19.7. The van der Waals surface area contributed by atoms with Crippen molar-refractivity contribution in [2.24, 2.45) is 10.3 Å². The third kappa shape index (κ3) is 3.60. The van der Waals surface area contributed by atoms with Crippen LogP contribution in [0.3, 0.4) is 0 Å². The number of hydrogen-bond acceptors (Lipinski definition) is 4. The summed E-state index contributed by atoms with van der Waals surface area (Å²) in [5, 5.41) is 0. The molecule has 0 radical (unpaired) electrons. The van der Waals surface area contributed by atoms with E-state index < -0.39 is 10.0 Å². The molecule has 2 aliphatic heterocycles. The Kier molecular flexibility index (Phi) is 5.27. The fourth-order valence-electron chi connectivity index (χ4n) is 4.55. The summed E-state index contributed by atoms with van der Waals surface area (Å²) in [7, 11) is -3.70. The molecule has 1 amide bonds. The Morgan fingerprint density at radius 2 is 1.71 bits per heavy atom. The molecule has 1 aromatic rings. The molecular formula is C21H27N3O3S. The monoisotopic (exact) mass is 401 g/mol. The van der Waals surface area contributed by atoms with E-state index in [0.29, 0.717) is 41.5 Å². The minimum absolute atomic E-state index is 0.182. The van der Waals surface area contributed by atoms with E-state index in [-0.39, 0.29) is 11.8 Å². The van der Waals surface area contributed by atoms with Crippen LogP contribution in [0.25, 0.3) is 4.91 Å². The lowest BCUT2D eigenvalue weighted by Crippen LogP contribution is -2.39. The zero-order valence-electron chi connectivity index (χ0n) is 16.3. The van der Waals surface area contributed by atoms with Gasteiger partial charge in [-0.2, -0.15) is 8.42 Å². The first-order valence-corrected chi connectivity index (χ1v) is 11.6. The lowest BCUT2D eigenvalue weighted by Gasteiger charge is -2.25. The van der Waals surface area contributed by atoms with Crippen LogP contribution in [0.4, 0.5) is 0 Å². The molecular weight excluding hydrogens is 374 g/mol. The third-order valence-corrected chi connectivity index (χ3v) is 7.46. The average molecular weight is 402 g/mol. The van der Waals surface area contributed by atoms with Crippen LogP contribution in [0.2, 0.25) is 0 Å². The number of sulfonamides is 1. The number of carbonyl (C=O) groups excluding carboxylic acids is 1. The highest BCUT2D eigenvalue weighted by Gasteiger charge is 2.35. The molecule has 2 heterocycles. The highest BCUT2D eigenvalue weighted by Crippen LogP contribution is 2.34. The summed E-state index contributed by atoms with van der Waals surface area (Å²) >= 11 is 0. The molecule has 0 spiro atoms. The number of nitrogens with zero attached hydrogens (tertiary/aromatic N) is 3. The van der Waals surface area contributed by atoms with Crippen molar-refractivity contribution in [2.75, 3.05) is 26.2 Å². The molecule has 4 rings (SSSR count). The molecule has 6 nitrogen and oxygen atoms in total. The van der Waals surface area contributed by atoms with Crippen molar-refractivity contribution in [2.45, 2.75) is 39.0 Å². The lowest BCUT2D eigenvalue weighted by molar-refractivity contribution is -0.135. The Balaban J connectivity index is 1.53. The second kappa shape index (κ2) is 7.70. The molecule has 0 unspecified atom stereocenters. The minimum Gasteiger partial charge on any atom is -0.354 e. The second-order valence-corrected chi connectivity index (χ2v) is 9.40. The summed E-state index contributed by atoms with van der Waals surface area (Å²) in [6.45, 7) is 4.52. The van der Waals surface area contributed by atoms with E-state index in [0.717, 1.165) is 38.6 Å². The van der Waals surface area contributed by atoms with Gasteiger partial charge in [0.2, 0.25) is 5.91 Å². The van der Waals surface area contributed by atoms with Crippen molar-refractivity contribution in [3.05, 3.63) is 41.5 Å². The fourth-order valence-corrected chi connectivity index (χ4v) is 6.04. The van der Waals surface area contributed by atoms with E-state index >= 15 is 0 Å². The first-order chi connectivity index (χ1) is 13.5. The molecule has 1 saturated carbocycles. The van der Waals surface area contributed by atoms with Crippen LogP contribution in [-0.2, 0) is 14.8 Å². The molecule has 2 fully saturated rings. The van der Waals surface area contributed by atoms with Gasteiger partial charge >= 0.3 is 0 Å². The predicted molar refractivity (Wildman–Crippen MR) is 110 cm³/mol. The number of benzene rings is 1. The van der Waals surface area contributed by atoms with Gasteiger partial charge < -0.3 is 9.80 Å². The molecule has 1 saturated heterocycles. The van der Waals surface area contributed by atoms with Gasteiger partial charge in [0.15, 0.2) is 0 Å². The first-order valence-electron chi connectivity index (χ1n) is 10.1. The molecule has 7 heteroatoms. The summed E-state index contributed by atoms with van der Waals surface area (Å²) in [4.78, 5) is 17.1. The van der Waals surface area contributed by atoms with Crippen molar-refractivity contribution in [1.82, 2.24) is 9.80 Å². The van der Waals surface area contributed by atoms with Crippen molar-refractivity contribution in [3.8, 4) is 0 Å². The lowest BCUT2D eigenvalue weighted by atomic mass is 10.1. The van der Waals surface area contributed by atoms with E-state index in [1.807, 2.05) is 34.9 Å². The molecule has 3 aliphatic rings. The van der Waals surface area contributed by atoms with E-state index in [1.54, 1.807) is 12.1 Å². The van der Waals surface area contributed by atoms with Crippen LogP contribution in [0.15, 0.2) is 40.3 Å². The van der Waals surface area contributed by atoms with Crippen molar-refractivity contribution < 1.29 is 13.2 Å². The Morgan fingerprint density at radius 3 is 2.43 bits per heavy atom. The molecule has 0 N–H and O–H groups in total. The number of rotatable bonds is 2. The van der Waals surface area contributed by atoms with Crippen molar-refractivity contribution in [3.63, 3.8) is 0 Å². The van der Waals surface area contributed by atoms with Gasteiger partial charge in [-0.05, 0) is 31.7 Å². The number of carbonyl (C=O) groups is 1. The minimum atomic E-state index is -3.70. The topological polar surface area (TPSA) is 70.1 Å². The third-order valence-electron chi connectivity index (χ3n) is 5.99. The van der Waals surface area contributed by atoms with Gasteiger partial charge in [-0.3, -0.25) is 4.79 Å². The van der Waals surface area contributed by atoms with Crippen LogP contribution in [-0.4, -0.2) is 56.1 Å². The Labute approximate surface area is 167 Å². The molecule has 1 aliphatic carbocycles. The Bertz CT molecular complexity index is 915. The maximum Gasteiger partial charge on any atom is 0.285 e. The van der Waals surface area contributed by atoms with Crippen molar-refractivity contribution in [1.29, 1.82) is 0 Å². The number of hydrogen-bond donors (Lipinski definition) is 0. The van der Waals surface area contributed by atoms with E-state index in [9.17, 15) is 13.2 Å². The Morgan fingerprint density at radius 1 is 1.00 bits per heavy atom. The average Bonchev–Trinajstić information content (AvgIpc) is 3.21. The highest BCUT2D eigenvalue weighted by atomic mass is 32.2. The number of amides is 1. The SMILES string of the molecule is CC1=C(c2ccccc2)S(=O)(=O)N=C1N1CCCN(C(=O)C2CCCC2)CC1. The largest absolute Gasteiger partial charge is 0.354 e. The summed E-state index contributed by atoms with van der Waals surface area (Å²) in [5.74, 6) is 0.994. The smallest absolute Gasteiger partial charge is 0.285 e. The summed E-state index contributed by atoms with van der Waals surface area (Å²) in [6, 6.07) is 9.15. The van der Waals surface area contributed by atoms with E-state index in [1.165, 1.54) is 0 Å². The van der Waals surface area contributed by atoms with Crippen LogP contribution in [0, 0.1) is 5.92 Å². The first kappa shape index (κ1) is 19.2. The van der Waals surface area contributed by atoms with Gasteiger partial charge in [0.1, 0.15) is 10.7 Å². The van der Waals surface area contributed by atoms with Gasteiger partial charge in [-0.25, -0.2) is 0 Å². The van der Waals surface area contributed by atoms with Gasteiger partial charge in [0, 0.05) is 37.7 Å². The molecule has 0 bridgehead atoms. The summed E-state index contributed by atoms with van der Waals surface area (Å²) in [5.41, 5.74) is 1.37. The molecule has 28 heavy (non-hydrogen) atoms. The van der Waals surface area contributed by atoms with Gasteiger partial charge in [-0.15, -0.1) is 4.40 Å². The molecule has 0 aromatic heterocycles. The zero-order valence-corrected chi connectivity index (χ0v) is 17.1. The standard InChI is InChI=1S/C21H27N3O3S/c1-16-19(17-8-3-2-4-9-17)28(26,27)22-20(16)23-12-7-13-24(15-14-23)21(25)18-10-5-6-11-18/h2-4,8-9,18H,5-7,10-15H2,1H3. The predicted octanol–water partition coefficient (Wildman–Crippen LogP) is 2.88. The molecule has 150 valence electrons. The fraction of sp³-hybridized carbons (Fsp3) is 0.524. The second-order valence-electron chi connectivity index (χ2n) is 7.86. The quantitative estimate of drug-likeness (QED) is 0.764. The number of amidine groups is 1. The maximum absolute atomic E-state index is 12.8. The van der Waals surface area contributed by atoms with E-state index in [2.05, 4.69) is 4.40 Å². The Hall–Kier alpha value is -2.15. The van der Waals surface area contributed by atoms with Gasteiger partial charge in [0.25, 0.3) is 10.0 Å². The molecule has 0 atom stereocenters. The maximum atomic E-state index is 12.8.